The van der Waals surface area contributed by atoms with Crippen LogP contribution in [0.25, 0.3) is 0 Å². The average Bonchev–Trinajstić information content (AvgIpc) is 3.21. The number of nitro groups is 1. The number of esters is 1. The lowest BCUT2D eigenvalue weighted by molar-refractivity contribution is -0.384. The van der Waals surface area contributed by atoms with E-state index in [-0.39, 0.29) is 18.1 Å². The molecule has 2 amide bonds. The van der Waals surface area contributed by atoms with Gasteiger partial charge >= 0.3 is 12.0 Å². The van der Waals surface area contributed by atoms with Gasteiger partial charge in [0.05, 0.1) is 29.3 Å². The number of allylic oxidation sites excluding steroid dienone is 1. The Bertz CT molecular complexity index is 1080. The first-order valence-electron chi connectivity index (χ1n) is 8.94. The monoisotopic (exact) mass is 411 g/mol. The fourth-order valence-corrected chi connectivity index (χ4v) is 3.49. The number of rotatable bonds is 4. The van der Waals surface area contributed by atoms with Crippen LogP contribution in [0, 0.1) is 10.1 Å². The van der Waals surface area contributed by atoms with Gasteiger partial charge in [0.1, 0.15) is 0 Å². The molecule has 1 unspecified atom stereocenters. The summed E-state index contributed by atoms with van der Waals surface area (Å²) in [5.41, 5.74) is 1.48. The third kappa shape index (κ3) is 3.17. The smallest absolute Gasteiger partial charge is 0.337 e. The number of ether oxygens (including phenoxy) is 3. The first-order chi connectivity index (χ1) is 14.4. The van der Waals surface area contributed by atoms with Crippen LogP contribution in [0.1, 0.15) is 18.5 Å². The zero-order chi connectivity index (χ0) is 21.4. The van der Waals surface area contributed by atoms with E-state index in [1.165, 1.54) is 36.3 Å². The van der Waals surface area contributed by atoms with Gasteiger partial charge < -0.3 is 19.5 Å². The van der Waals surface area contributed by atoms with Gasteiger partial charge in [0, 0.05) is 23.9 Å². The van der Waals surface area contributed by atoms with Crippen LogP contribution < -0.4 is 19.7 Å². The molecule has 0 radical (unpaired) electrons. The maximum atomic E-state index is 13.0. The van der Waals surface area contributed by atoms with Crippen molar-refractivity contribution < 1.29 is 28.7 Å². The molecule has 1 N–H and O–H groups in total. The number of amides is 2. The lowest BCUT2D eigenvalue weighted by Crippen LogP contribution is -2.48. The molecule has 0 saturated carbocycles. The molecule has 0 spiro atoms. The highest BCUT2D eigenvalue weighted by Crippen LogP contribution is 2.39. The van der Waals surface area contributed by atoms with Crippen LogP contribution in [-0.2, 0) is 9.53 Å². The molecule has 2 heterocycles. The van der Waals surface area contributed by atoms with E-state index in [4.69, 9.17) is 14.2 Å². The fraction of sp³-hybridized carbons (Fsp3) is 0.200. The van der Waals surface area contributed by atoms with Gasteiger partial charge in [-0.2, -0.15) is 0 Å². The number of nitrogens with zero attached hydrogens (tertiary/aromatic N) is 2. The Balaban J connectivity index is 1.78. The van der Waals surface area contributed by atoms with E-state index < -0.39 is 23.0 Å². The van der Waals surface area contributed by atoms with E-state index in [1.54, 1.807) is 25.1 Å². The molecular formula is C20H17N3O7. The van der Waals surface area contributed by atoms with Gasteiger partial charge in [0.15, 0.2) is 11.5 Å². The number of urea groups is 1. The molecule has 2 aromatic carbocycles. The Kier molecular flexibility index (Phi) is 4.74. The maximum absolute atomic E-state index is 13.0. The van der Waals surface area contributed by atoms with Gasteiger partial charge in [-0.15, -0.1) is 0 Å². The number of non-ortho nitro benzene ring substituents is 1. The number of fused-ring (bicyclic) bond motifs is 1. The molecule has 2 aromatic rings. The van der Waals surface area contributed by atoms with Gasteiger partial charge in [-0.3, -0.25) is 15.0 Å². The molecule has 0 aromatic heterocycles. The predicted molar refractivity (Wildman–Crippen MR) is 104 cm³/mol. The first kappa shape index (κ1) is 19.2. The minimum atomic E-state index is -0.823. The van der Waals surface area contributed by atoms with E-state index in [1.807, 2.05) is 0 Å². The van der Waals surface area contributed by atoms with Crippen LogP contribution in [0.3, 0.4) is 0 Å². The number of anilines is 1. The third-order valence-corrected chi connectivity index (χ3v) is 4.94. The summed E-state index contributed by atoms with van der Waals surface area (Å²) in [6.45, 7) is 1.73. The number of benzene rings is 2. The lowest BCUT2D eigenvalue weighted by Gasteiger charge is -2.35. The normalized spacial score (nSPS) is 17.6. The van der Waals surface area contributed by atoms with E-state index in [9.17, 15) is 19.7 Å². The second-order valence-corrected chi connectivity index (χ2v) is 6.59. The molecule has 0 fully saturated rings. The predicted octanol–water partition coefficient (Wildman–Crippen LogP) is 3.04. The summed E-state index contributed by atoms with van der Waals surface area (Å²) < 4.78 is 15.6. The van der Waals surface area contributed by atoms with Gasteiger partial charge in [-0.1, -0.05) is 0 Å². The van der Waals surface area contributed by atoms with Crippen LogP contribution in [-0.4, -0.2) is 30.8 Å². The van der Waals surface area contributed by atoms with Gasteiger partial charge in [0.2, 0.25) is 6.79 Å². The minimum absolute atomic E-state index is 0.0927. The van der Waals surface area contributed by atoms with Gasteiger partial charge in [-0.25, -0.2) is 9.59 Å². The van der Waals surface area contributed by atoms with E-state index in [0.29, 0.717) is 28.4 Å². The zero-order valence-corrected chi connectivity index (χ0v) is 16.1. The second-order valence-electron chi connectivity index (χ2n) is 6.59. The largest absolute Gasteiger partial charge is 0.466 e. The topological polar surface area (TPSA) is 120 Å². The van der Waals surface area contributed by atoms with Crippen LogP contribution in [0.4, 0.5) is 16.2 Å². The van der Waals surface area contributed by atoms with Crippen molar-refractivity contribution in [1.82, 2.24) is 5.32 Å². The third-order valence-electron chi connectivity index (χ3n) is 4.94. The SMILES string of the molecule is COC(=O)C1=C(C)N(c2ccc3c(c2)OCO3)C(=O)NC1c1ccc([N+](=O)[O-])cc1. The van der Waals surface area contributed by atoms with Crippen molar-refractivity contribution in [2.45, 2.75) is 13.0 Å². The summed E-state index contributed by atoms with van der Waals surface area (Å²) >= 11 is 0. The summed E-state index contributed by atoms with van der Waals surface area (Å²) in [7, 11) is 1.25. The molecule has 10 nitrogen and oxygen atoms in total. The van der Waals surface area contributed by atoms with Gasteiger partial charge in [-0.05, 0) is 36.8 Å². The quantitative estimate of drug-likeness (QED) is 0.466. The van der Waals surface area contributed by atoms with Crippen molar-refractivity contribution in [3.8, 4) is 11.5 Å². The van der Waals surface area contributed by atoms with Crippen molar-refractivity contribution in [1.29, 1.82) is 0 Å². The molecule has 154 valence electrons. The number of methoxy groups -OCH3 is 1. The lowest BCUT2D eigenvalue weighted by atomic mass is 9.94. The van der Waals surface area contributed by atoms with E-state index in [2.05, 4.69) is 5.32 Å². The van der Waals surface area contributed by atoms with Gasteiger partial charge in [0.25, 0.3) is 5.69 Å². The highest BCUT2D eigenvalue weighted by molar-refractivity contribution is 6.03. The number of hydrogen-bond acceptors (Lipinski definition) is 7. The molecule has 4 rings (SSSR count). The van der Waals surface area contributed by atoms with Crippen molar-refractivity contribution in [2.75, 3.05) is 18.8 Å². The number of hydrogen-bond donors (Lipinski definition) is 1. The van der Waals surface area contributed by atoms with Crippen molar-refractivity contribution in [3.63, 3.8) is 0 Å². The van der Waals surface area contributed by atoms with Crippen LogP contribution in [0.15, 0.2) is 53.7 Å². The molecule has 10 heteroatoms. The summed E-state index contributed by atoms with van der Waals surface area (Å²) in [5.74, 6) is 0.432. The highest BCUT2D eigenvalue weighted by Gasteiger charge is 2.37. The Labute approximate surface area is 170 Å². The van der Waals surface area contributed by atoms with Crippen LogP contribution in [0.2, 0.25) is 0 Å². The zero-order valence-electron chi connectivity index (χ0n) is 16.1. The standard InChI is InChI=1S/C20H17N3O7/c1-11-17(19(24)28-2)18(12-3-5-13(6-4-12)23(26)27)21-20(25)22(11)14-7-8-15-16(9-14)30-10-29-15/h3-9,18H,10H2,1-2H3,(H,21,25). The van der Waals surface area contributed by atoms with E-state index in [0.717, 1.165) is 0 Å². The molecule has 2 aliphatic rings. The maximum Gasteiger partial charge on any atom is 0.337 e. The Morgan fingerprint density at radius 1 is 1.20 bits per heavy atom. The Hall–Kier alpha value is -4.08. The van der Waals surface area contributed by atoms with Crippen molar-refractivity contribution >= 4 is 23.4 Å². The molecular weight excluding hydrogens is 394 g/mol. The minimum Gasteiger partial charge on any atom is -0.466 e. The molecule has 0 saturated heterocycles. The van der Waals surface area contributed by atoms with E-state index >= 15 is 0 Å². The Morgan fingerprint density at radius 2 is 1.90 bits per heavy atom. The summed E-state index contributed by atoms with van der Waals surface area (Å²) in [6, 6.07) is 9.33. The number of carbonyl (C=O) groups is 2. The molecule has 30 heavy (non-hydrogen) atoms. The molecule has 1 atom stereocenters. The van der Waals surface area contributed by atoms with Crippen LogP contribution >= 0.6 is 0 Å². The van der Waals surface area contributed by atoms with Crippen molar-refractivity contribution in [3.05, 3.63) is 69.4 Å². The summed E-state index contributed by atoms with van der Waals surface area (Å²) in [6.07, 6.45) is 0. The summed E-state index contributed by atoms with van der Waals surface area (Å²) in [4.78, 5) is 37.3. The molecule has 0 aliphatic carbocycles. The van der Waals surface area contributed by atoms with Crippen LogP contribution in [0.5, 0.6) is 11.5 Å². The fourth-order valence-electron chi connectivity index (χ4n) is 3.49. The number of nitrogens with one attached hydrogen (secondary N) is 1. The second kappa shape index (κ2) is 7.39. The Morgan fingerprint density at radius 3 is 2.57 bits per heavy atom. The highest BCUT2D eigenvalue weighted by atomic mass is 16.7. The number of nitro benzene ring substituents is 1. The first-order valence-corrected chi connectivity index (χ1v) is 8.94. The van der Waals surface area contributed by atoms with Crippen molar-refractivity contribution in [2.24, 2.45) is 0 Å². The molecule has 0 bridgehead atoms. The molecule has 2 aliphatic heterocycles. The summed E-state index contributed by atoms with van der Waals surface area (Å²) in [5, 5.41) is 13.7. The average molecular weight is 411 g/mol. The number of carbonyl (C=O) groups excluding carboxylic acids is 2.